The van der Waals surface area contributed by atoms with Crippen LogP contribution < -0.4 is 5.32 Å². The third-order valence-corrected chi connectivity index (χ3v) is 10.6. The summed E-state index contributed by atoms with van der Waals surface area (Å²) in [7, 11) is 0.853. The molecule has 2 heterocycles. The molecule has 2 aromatic rings. The predicted octanol–water partition coefficient (Wildman–Crippen LogP) is 4.39. The molecule has 1 aromatic heterocycles. The van der Waals surface area contributed by atoms with Gasteiger partial charge in [-0.05, 0) is 94.0 Å². The van der Waals surface area contributed by atoms with Crippen LogP contribution >= 0.6 is 11.3 Å². The van der Waals surface area contributed by atoms with Crippen molar-refractivity contribution in [2.45, 2.75) is 49.5 Å². The molecule has 2 unspecified atom stereocenters. The number of piperidine rings is 1. The van der Waals surface area contributed by atoms with Gasteiger partial charge in [-0.25, -0.2) is 8.42 Å². The maximum absolute atomic E-state index is 12.9. The first kappa shape index (κ1) is 28.2. The van der Waals surface area contributed by atoms with Gasteiger partial charge in [-0.2, -0.15) is 4.31 Å². The number of rotatable bonds is 11. The molecule has 9 heteroatoms. The fourth-order valence-corrected chi connectivity index (χ4v) is 8.42. The maximum Gasteiger partial charge on any atom is 0.246 e. The molecule has 1 aromatic carbocycles. The molecule has 0 radical (unpaired) electrons. The van der Waals surface area contributed by atoms with Crippen LogP contribution in [-0.4, -0.2) is 70.5 Å². The third kappa shape index (κ3) is 7.63. The molecule has 0 bridgehead atoms. The summed E-state index contributed by atoms with van der Waals surface area (Å²) >= 11 is 1.84. The van der Waals surface area contributed by atoms with Crippen molar-refractivity contribution in [3.05, 3.63) is 52.7 Å². The molecule has 1 aliphatic heterocycles. The highest BCUT2D eigenvalue weighted by molar-refractivity contribution is 7.89. The topological polar surface area (TPSA) is 79.0 Å². The van der Waals surface area contributed by atoms with E-state index in [0.29, 0.717) is 49.0 Å². The van der Waals surface area contributed by atoms with Gasteiger partial charge in [0.1, 0.15) is 6.61 Å². The van der Waals surface area contributed by atoms with E-state index >= 15 is 0 Å². The maximum atomic E-state index is 12.9. The van der Waals surface area contributed by atoms with Gasteiger partial charge < -0.3 is 15.0 Å². The lowest BCUT2D eigenvalue weighted by molar-refractivity contribution is -0.126. The van der Waals surface area contributed by atoms with Crippen LogP contribution in [0.15, 0.2) is 52.7 Å². The monoisotopic (exact) mass is 547 g/mol. The van der Waals surface area contributed by atoms with Crippen LogP contribution in [0.4, 0.5) is 0 Å². The minimum atomic E-state index is -3.49. The van der Waals surface area contributed by atoms with Crippen LogP contribution in [0.2, 0.25) is 0 Å². The van der Waals surface area contributed by atoms with E-state index in [1.807, 2.05) is 17.4 Å². The highest BCUT2D eigenvalue weighted by Gasteiger charge is 2.32. The van der Waals surface area contributed by atoms with Gasteiger partial charge in [0.05, 0.1) is 11.5 Å². The number of hydrogen-bond acceptors (Lipinski definition) is 6. The Morgan fingerprint density at radius 2 is 1.84 bits per heavy atom. The number of carbonyl (C=O) groups is 1. The highest BCUT2D eigenvalue weighted by atomic mass is 32.2. The number of nitrogens with zero attached hydrogens (tertiary/aromatic N) is 2. The first-order valence-corrected chi connectivity index (χ1v) is 15.8. The smallest absolute Gasteiger partial charge is 0.246 e. The molecule has 2 atom stereocenters. The molecule has 1 saturated heterocycles. The Morgan fingerprint density at radius 1 is 1.08 bits per heavy atom. The van der Waals surface area contributed by atoms with Crippen LogP contribution in [0.1, 0.15) is 49.4 Å². The lowest BCUT2D eigenvalue weighted by atomic mass is 9.77. The Hall–Kier alpha value is -1.78. The summed E-state index contributed by atoms with van der Waals surface area (Å²) in [6.07, 6.45) is 6.34. The number of amides is 1. The van der Waals surface area contributed by atoms with Gasteiger partial charge in [-0.15, -0.1) is 11.3 Å². The van der Waals surface area contributed by atoms with E-state index in [4.69, 9.17) is 4.74 Å². The van der Waals surface area contributed by atoms with E-state index in [1.165, 1.54) is 17.7 Å². The number of nitrogens with one attached hydrogen (secondary N) is 1. The van der Waals surface area contributed by atoms with Gasteiger partial charge in [0.15, 0.2) is 0 Å². The van der Waals surface area contributed by atoms with Crippen molar-refractivity contribution in [3.8, 4) is 0 Å². The molecule has 1 saturated carbocycles. The molecule has 1 amide bonds. The largest absolute Gasteiger partial charge is 0.371 e. The second kappa shape index (κ2) is 13.3. The minimum absolute atomic E-state index is 0.0262. The molecule has 0 spiro atoms. The van der Waals surface area contributed by atoms with Crippen LogP contribution in [0.3, 0.4) is 0 Å². The molecular formula is C28H41N3O4S2. The zero-order chi connectivity index (χ0) is 26.3. The first-order valence-electron chi connectivity index (χ1n) is 13.4. The Balaban J connectivity index is 1.14. The van der Waals surface area contributed by atoms with Crippen LogP contribution in [0.5, 0.6) is 0 Å². The number of ether oxygens (including phenoxy) is 1. The molecule has 204 valence electrons. The number of sulfonamides is 1. The van der Waals surface area contributed by atoms with Crippen molar-refractivity contribution in [1.29, 1.82) is 0 Å². The zero-order valence-corrected chi connectivity index (χ0v) is 23.7. The number of hydrogen-bond donors (Lipinski definition) is 1. The standard InChI is InChI=1S/C28H41N3O4S2/c1-30(2)28(26-11-7-17-36-26)24-14-12-22(13-15-24)18-29-27(32)21-35-20-23-8-6-16-31(19-23)37(33,34)25-9-4-3-5-10-25/h3-5,7,9-11,17,22-24,28H,6,8,12-16,18-21H2,1-2H3,(H,29,32). The lowest BCUT2D eigenvalue weighted by Gasteiger charge is -2.37. The summed E-state index contributed by atoms with van der Waals surface area (Å²) in [5.74, 6) is 1.19. The Bertz CT molecular complexity index is 1070. The normalized spacial score (nSPS) is 24.1. The molecule has 1 aliphatic carbocycles. The van der Waals surface area contributed by atoms with Crippen molar-refractivity contribution in [3.63, 3.8) is 0 Å². The summed E-state index contributed by atoms with van der Waals surface area (Å²) in [5, 5.41) is 5.22. The molecule has 1 N–H and O–H groups in total. The summed E-state index contributed by atoms with van der Waals surface area (Å²) < 4.78 is 33.1. The number of carbonyl (C=O) groups excluding carboxylic acids is 1. The van der Waals surface area contributed by atoms with Crippen molar-refractivity contribution < 1.29 is 17.9 Å². The van der Waals surface area contributed by atoms with E-state index in [2.05, 4.69) is 41.8 Å². The fraction of sp³-hybridized carbons (Fsp3) is 0.607. The Morgan fingerprint density at radius 3 is 2.51 bits per heavy atom. The van der Waals surface area contributed by atoms with Gasteiger partial charge in [0.25, 0.3) is 0 Å². The second-order valence-electron chi connectivity index (χ2n) is 10.7. The summed E-state index contributed by atoms with van der Waals surface area (Å²) in [6, 6.07) is 13.4. The molecule has 2 fully saturated rings. The van der Waals surface area contributed by atoms with Crippen molar-refractivity contribution in [2.24, 2.45) is 17.8 Å². The van der Waals surface area contributed by atoms with Crippen molar-refractivity contribution >= 4 is 27.3 Å². The highest BCUT2D eigenvalue weighted by Crippen LogP contribution is 2.40. The van der Waals surface area contributed by atoms with E-state index in [-0.39, 0.29) is 18.4 Å². The Labute approximate surface area is 226 Å². The van der Waals surface area contributed by atoms with Gasteiger partial charge >= 0.3 is 0 Å². The molecule has 2 aliphatic rings. The lowest BCUT2D eigenvalue weighted by Crippen LogP contribution is -2.41. The van der Waals surface area contributed by atoms with Crippen molar-refractivity contribution in [1.82, 2.24) is 14.5 Å². The van der Waals surface area contributed by atoms with Gasteiger partial charge in [-0.3, -0.25) is 4.79 Å². The molecular weight excluding hydrogens is 506 g/mol. The quantitative estimate of drug-likeness (QED) is 0.451. The zero-order valence-electron chi connectivity index (χ0n) is 22.1. The van der Waals surface area contributed by atoms with Gasteiger partial charge in [0.2, 0.25) is 15.9 Å². The fourth-order valence-electron chi connectivity index (χ4n) is 5.83. The summed E-state index contributed by atoms with van der Waals surface area (Å²) in [6.45, 7) is 2.08. The SMILES string of the molecule is CN(C)C(c1cccs1)C1CCC(CNC(=O)COCC2CCCN(S(=O)(=O)c3ccccc3)C2)CC1. The van der Waals surface area contributed by atoms with Crippen LogP contribution in [0, 0.1) is 17.8 Å². The summed E-state index contributed by atoms with van der Waals surface area (Å²) in [4.78, 5) is 16.5. The summed E-state index contributed by atoms with van der Waals surface area (Å²) in [5.41, 5.74) is 0. The van der Waals surface area contributed by atoms with Gasteiger partial charge in [-0.1, -0.05) is 24.3 Å². The first-order chi connectivity index (χ1) is 17.8. The van der Waals surface area contributed by atoms with E-state index in [1.54, 1.807) is 28.6 Å². The van der Waals surface area contributed by atoms with E-state index < -0.39 is 10.0 Å². The third-order valence-electron chi connectivity index (χ3n) is 7.77. The van der Waals surface area contributed by atoms with E-state index in [0.717, 1.165) is 25.7 Å². The second-order valence-corrected chi connectivity index (χ2v) is 13.6. The predicted molar refractivity (Wildman–Crippen MR) is 148 cm³/mol. The molecule has 37 heavy (non-hydrogen) atoms. The van der Waals surface area contributed by atoms with Crippen LogP contribution in [0.25, 0.3) is 0 Å². The van der Waals surface area contributed by atoms with Gasteiger partial charge in [0, 0.05) is 30.6 Å². The number of thiophene rings is 1. The molecule has 4 rings (SSSR count). The average Bonchev–Trinajstić information content (AvgIpc) is 3.43. The van der Waals surface area contributed by atoms with E-state index in [9.17, 15) is 13.2 Å². The van der Waals surface area contributed by atoms with Crippen molar-refractivity contribution in [2.75, 3.05) is 46.9 Å². The minimum Gasteiger partial charge on any atom is -0.371 e. The molecule has 7 nitrogen and oxygen atoms in total. The number of benzene rings is 1. The average molecular weight is 548 g/mol. The van der Waals surface area contributed by atoms with Crippen LogP contribution in [-0.2, 0) is 19.6 Å². The Kier molecular flexibility index (Phi) is 10.2.